The highest BCUT2D eigenvalue weighted by Gasteiger charge is 2.41. The second-order valence-corrected chi connectivity index (χ2v) is 8.42. The zero-order valence-electron chi connectivity index (χ0n) is 16.3. The van der Waals surface area contributed by atoms with Gasteiger partial charge in [0.05, 0.1) is 11.6 Å². The molecule has 3 heterocycles. The number of likely N-dealkylation sites (tertiary alicyclic amines) is 2. The number of alkyl halides is 1. The first-order valence-electron chi connectivity index (χ1n) is 9.55. The monoisotopic (exact) mass is 377 g/mol. The van der Waals surface area contributed by atoms with Gasteiger partial charge in [-0.25, -0.2) is 9.18 Å². The molecule has 0 saturated carbocycles. The van der Waals surface area contributed by atoms with Gasteiger partial charge in [-0.05, 0) is 39.3 Å². The second-order valence-electron chi connectivity index (χ2n) is 8.42. The Kier molecular flexibility index (Phi) is 5.40. The molecular formula is C20H28FN3O3. The molecule has 0 radical (unpaired) electrons. The van der Waals surface area contributed by atoms with Crippen LogP contribution in [-0.2, 0) is 15.2 Å². The van der Waals surface area contributed by atoms with Gasteiger partial charge in [-0.15, -0.1) is 0 Å². The average Bonchev–Trinajstić information content (AvgIpc) is 3.11. The molecule has 1 atom stereocenters. The molecule has 0 unspecified atom stereocenters. The summed E-state index contributed by atoms with van der Waals surface area (Å²) in [5, 5.41) is 0. The summed E-state index contributed by atoms with van der Waals surface area (Å²) >= 11 is 0. The number of nitrogens with zero attached hydrogens (tertiary/aromatic N) is 3. The van der Waals surface area contributed by atoms with E-state index in [1.54, 1.807) is 34.2 Å². The Morgan fingerprint density at radius 3 is 2.48 bits per heavy atom. The molecule has 1 aromatic heterocycles. The molecule has 0 N–H and O–H groups in total. The van der Waals surface area contributed by atoms with E-state index in [2.05, 4.69) is 4.98 Å². The third-order valence-electron chi connectivity index (χ3n) is 5.18. The van der Waals surface area contributed by atoms with Gasteiger partial charge >= 0.3 is 6.09 Å². The van der Waals surface area contributed by atoms with E-state index in [-0.39, 0.29) is 30.8 Å². The van der Waals surface area contributed by atoms with E-state index >= 15 is 4.39 Å². The minimum atomic E-state index is -1.48. The number of aromatic nitrogens is 1. The van der Waals surface area contributed by atoms with Crippen LogP contribution in [0.5, 0.6) is 0 Å². The first kappa shape index (κ1) is 19.6. The summed E-state index contributed by atoms with van der Waals surface area (Å²) in [6, 6.07) is 5.25. The molecule has 0 aromatic carbocycles. The van der Waals surface area contributed by atoms with Crippen LogP contribution in [0.4, 0.5) is 9.18 Å². The number of rotatable bonds is 2. The average molecular weight is 377 g/mol. The quantitative estimate of drug-likeness (QED) is 0.794. The second kappa shape index (κ2) is 7.44. The van der Waals surface area contributed by atoms with Gasteiger partial charge in [-0.3, -0.25) is 9.78 Å². The Hall–Kier alpha value is -2.18. The van der Waals surface area contributed by atoms with E-state index in [4.69, 9.17) is 4.74 Å². The molecule has 2 saturated heterocycles. The zero-order chi connectivity index (χ0) is 19.7. The van der Waals surface area contributed by atoms with E-state index in [0.29, 0.717) is 38.3 Å². The van der Waals surface area contributed by atoms with Crippen molar-refractivity contribution in [2.45, 2.75) is 51.3 Å². The van der Waals surface area contributed by atoms with Crippen molar-refractivity contribution in [1.29, 1.82) is 0 Å². The molecule has 148 valence electrons. The Morgan fingerprint density at radius 2 is 1.89 bits per heavy atom. The molecule has 7 heteroatoms. The van der Waals surface area contributed by atoms with Crippen LogP contribution >= 0.6 is 0 Å². The van der Waals surface area contributed by atoms with Gasteiger partial charge in [-0.2, -0.15) is 0 Å². The summed E-state index contributed by atoms with van der Waals surface area (Å²) in [4.78, 5) is 32.4. The maximum absolute atomic E-state index is 15.2. The molecule has 2 amide bonds. The Balaban J connectivity index is 1.54. The number of carbonyl (C=O) groups is 2. The zero-order valence-corrected chi connectivity index (χ0v) is 16.3. The molecule has 27 heavy (non-hydrogen) atoms. The third-order valence-corrected chi connectivity index (χ3v) is 5.18. The van der Waals surface area contributed by atoms with Gasteiger partial charge in [-0.1, -0.05) is 6.07 Å². The molecule has 0 bridgehead atoms. The Bertz CT molecular complexity index is 681. The highest BCUT2D eigenvalue weighted by atomic mass is 19.1. The summed E-state index contributed by atoms with van der Waals surface area (Å²) < 4.78 is 20.6. The first-order chi connectivity index (χ1) is 12.7. The fraction of sp³-hybridized carbons (Fsp3) is 0.650. The highest BCUT2D eigenvalue weighted by Crippen LogP contribution is 2.36. The molecule has 2 aliphatic rings. The van der Waals surface area contributed by atoms with E-state index in [0.717, 1.165) is 0 Å². The third kappa shape index (κ3) is 4.57. The van der Waals surface area contributed by atoms with Crippen LogP contribution in [0.25, 0.3) is 0 Å². The number of halogens is 1. The fourth-order valence-electron chi connectivity index (χ4n) is 3.68. The van der Waals surface area contributed by atoms with Crippen molar-refractivity contribution < 1.29 is 18.7 Å². The lowest BCUT2D eigenvalue weighted by Crippen LogP contribution is -2.46. The summed E-state index contributed by atoms with van der Waals surface area (Å²) in [5.41, 5.74) is -1.59. The van der Waals surface area contributed by atoms with Crippen molar-refractivity contribution in [3.63, 3.8) is 0 Å². The fourth-order valence-corrected chi connectivity index (χ4v) is 3.68. The van der Waals surface area contributed by atoms with Crippen LogP contribution in [0.2, 0.25) is 0 Å². The number of piperidine rings is 1. The highest BCUT2D eigenvalue weighted by molar-refractivity contribution is 5.81. The largest absolute Gasteiger partial charge is 0.444 e. The summed E-state index contributed by atoms with van der Waals surface area (Å²) in [6.07, 6.45) is 2.33. The molecular weight excluding hydrogens is 349 g/mol. The molecule has 0 aliphatic carbocycles. The molecule has 1 aromatic rings. The van der Waals surface area contributed by atoms with E-state index < -0.39 is 11.3 Å². The molecule has 2 aliphatic heterocycles. The summed E-state index contributed by atoms with van der Waals surface area (Å²) in [7, 11) is 0. The van der Waals surface area contributed by atoms with Gasteiger partial charge in [0, 0.05) is 45.2 Å². The van der Waals surface area contributed by atoms with E-state index in [1.165, 1.54) is 0 Å². The summed E-state index contributed by atoms with van der Waals surface area (Å²) in [5.74, 6) is -0.233. The van der Waals surface area contributed by atoms with Crippen LogP contribution in [-0.4, -0.2) is 58.6 Å². The van der Waals surface area contributed by atoms with Gasteiger partial charge in [0.25, 0.3) is 0 Å². The van der Waals surface area contributed by atoms with Crippen molar-refractivity contribution in [2.75, 3.05) is 26.2 Å². The smallest absolute Gasteiger partial charge is 0.410 e. The lowest BCUT2D eigenvalue weighted by Gasteiger charge is -2.37. The number of ether oxygens (including phenoxy) is 1. The topological polar surface area (TPSA) is 62.7 Å². The van der Waals surface area contributed by atoms with Crippen LogP contribution < -0.4 is 0 Å². The lowest BCUT2D eigenvalue weighted by molar-refractivity contribution is -0.138. The normalized spacial score (nSPS) is 22.6. The number of hydrogen-bond acceptors (Lipinski definition) is 4. The van der Waals surface area contributed by atoms with Crippen molar-refractivity contribution in [1.82, 2.24) is 14.8 Å². The molecule has 3 rings (SSSR count). The minimum Gasteiger partial charge on any atom is -0.444 e. The number of amides is 2. The van der Waals surface area contributed by atoms with Crippen LogP contribution in [0, 0.1) is 5.92 Å². The number of carbonyl (C=O) groups excluding carboxylic acids is 2. The van der Waals surface area contributed by atoms with Gasteiger partial charge < -0.3 is 14.5 Å². The van der Waals surface area contributed by atoms with Crippen LogP contribution in [0.3, 0.4) is 0 Å². The standard InChI is InChI=1S/C20H28FN3O3/c1-19(2,3)27-18(26)24-11-7-15(14-24)17(25)23-12-8-20(21,9-13-23)16-6-4-5-10-22-16/h4-6,10,15H,7-9,11-14H2,1-3H3/t15-/m1/s1. The SMILES string of the molecule is CC(C)(C)OC(=O)N1CC[C@@H](C(=O)N2CCC(F)(c3ccccn3)CC2)C1. The van der Waals surface area contributed by atoms with Crippen molar-refractivity contribution >= 4 is 12.0 Å². The van der Waals surface area contributed by atoms with E-state index in [1.807, 2.05) is 20.8 Å². The molecule has 2 fully saturated rings. The minimum absolute atomic E-state index is 0.00382. The first-order valence-corrected chi connectivity index (χ1v) is 9.55. The van der Waals surface area contributed by atoms with Crippen LogP contribution in [0.1, 0.15) is 45.7 Å². The van der Waals surface area contributed by atoms with Gasteiger partial charge in [0.15, 0.2) is 5.67 Å². The number of pyridine rings is 1. The Morgan fingerprint density at radius 1 is 1.19 bits per heavy atom. The maximum Gasteiger partial charge on any atom is 0.410 e. The van der Waals surface area contributed by atoms with Crippen LogP contribution in [0.15, 0.2) is 24.4 Å². The maximum atomic E-state index is 15.2. The van der Waals surface area contributed by atoms with Crippen molar-refractivity contribution in [2.24, 2.45) is 5.92 Å². The van der Waals surface area contributed by atoms with E-state index in [9.17, 15) is 9.59 Å². The van der Waals surface area contributed by atoms with Gasteiger partial charge in [0.2, 0.25) is 5.91 Å². The Labute approximate surface area is 159 Å². The molecule has 6 nitrogen and oxygen atoms in total. The van der Waals surface area contributed by atoms with Crippen molar-refractivity contribution in [3.8, 4) is 0 Å². The number of hydrogen-bond donors (Lipinski definition) is 0. The van der Waals surface area contributed by atoms with Crippen molar-refractivity contribution in [3.05, 3.63) is 30.1 Å². The summed E-state index contributed by atoms with van der Waals surface area (Å²) in [6.45, 7) is 7.08. The van der Waals surface area contributed by atoms with Gasteiger partial charge in [0.1, 0.15) is 5.60 Å². The predicted octanol–water partition coefficient (Wildman–Crippen LogP) is 3.13. The lowest BCUT2D eigenvalue weighted by atomic mass is 9.89. The molecule has 0 spiro atoms. The predicted molar refractivity (Wildman–Crippen MR) is 98.8 cm³/mol.